The number of hydrogen-bond donors (Lipinski definition) is 1. The Labute approximate surface area is 187 Å². The molecule has 0 bridgehead atoms. The highest BCUT2D eigenvalue weighted by molar-refractivity contribution is 9.10. The fourth-order valence-electron chi connectivity index (χ4n) is 3.53. The highest BCUT2D eigenvalue weighted by Crippen LogP contribution is 2.40. The first kappa shape index (κ1) is 24.4. The minimum absolute atomic E-state index is 0.0457. The number of benzene rings is 2. The number of nitrogens with one attached hydrogen (secondary N) is 1. The summed E-state index contributed by atoms with van der Waals surface area (Å²) >= 11 is 3.09. The number of carbonyl (C=O) groups is 1. The summed E-state index contributed by atoms with van der Waals surface area (Å²) in [5.74, 6) is -0.345. The molecule has 0 aromatic heterocycles. The van der Waals surface area contributed by atoms with Gasteiger partial charge in [0, 0.05) is 23.1 Å². The number of anilines is 2. The topological polar surface area (TPSA) is 66.5 Å². The van der Waals surface area contributed by atoms with E-state index in [-0.39, 0.29) is 34.6 Å². The Kier molecular flexibility index (Phi) is 6.05. The molecule has 1 aliphatic rings. The molecule has 1 amide bonds. The second-order valence-corrected chi connectivity index (χ2v) is 9.76. The molecule has 0 radical (unpaired) electrons. The molecule has 1 N–H and O–H groups in total. The monoisotopic (exact) mass is 544 g/mol. The molecule has 13 heteroatoms. The molecule has 0 aliphatic carbocycles. The van der Waals surface area contributed by atoms with Crippen LogP contribution in [0.4, 0.5) is 37.7 Å². The van der Waals surface area contributed by atoms with Crippen molar-refractivity contribution in [3.05, 3.63) is 51.5 Å². The van der Waals surface area contributed by atoms with Crippen molar-refractivity contribution in [2.45, 2.75) is 43.6 Å². The zero-order valence-corrected chi connectivity index (χ0v) is 18.8. The van der Waals surface area contributed by atoms with Crippen molar-refractivity contribution in [2.24, 2.45) is 0 Å². The van der Waals surface area contributed by atoms with Crippen LogP contribution in [-0.4, -0.2) is 20.4 Å². The molecule has 0 fully saturated rings. The largest absolute Gasteiger partial charge is 0.416 e. The van der Waals surface area contributed by atoms with E-state index in [2.05, 4.69) is 15.9 Å². The number of nitrogens with zero attached hydrogens (tertiary/aromatic N) is 1. The lowest BCUT2D eigenvalue weighted by Gasteiger charge is -2.21. The van der Waals surface area contributed by atoms with Crippen LogP contribution in [-0.2, 0) is 33.6 Å². The highest BCUT2D eigenvalue weighted by atomic mass is 79.9. The summed E-state index contributed by atoms with van der Waals surface area (Å²) in [6.45, 7) is 3.05. The molecule has 0 saturated heterocycles. The first-order valence-corrected chi connectivity index (χ1v) is 11.2. The van der Waals surface area contributed by atoms with Gasteiger partial charge in [0.1, 0.15) is 4.90 Å². The van der Waals surface area contributed by atoms with E-state index in [1.807, 2.05) is 0 Å². The second-order valence-electron chi connectivity index (χ2n) is 7.25. The molecular formula is C19H15BrF6N2O3S. The second kappa shape index (κ2) is 7.94. The van der Waals surface area contributed by atoms with Gasteiger partial charge in [-0.15, -0.1) is 0 Å². The van der Waals surface area contributed by atoms with Gasteiger partial charge in [0.15, 0.2) is 0 Å². The van der Waals surface area contributed by atoms with Crippen LogP contribution in [0.2, 0.25) is 0 Å². The first-order chi connectivity index (χ1) is 14.5. The molecule has 0 spiro atoms. The predicted octanol–water partition coefficient (Wildman–Crippen LogP) is 5.59. The fraction of sp³-hybridized carbons (Fsp3) is 0.316. The molecule has 2 aromatic carbocycles. The van der Waals surface area contributed by atoms with E-state index >= 15 is 0 Å². The molecular weight excluding hydrogens is 530 g/mol. The van der Waals surface area contributed by atoms with E-state index in [0.717, 1.165) is 6.07 Å². The number of hydrogen-bond acceptors (Lipinski definition) is 3. The Balaban J connectivity index is 2.09. The quantitative estimate of drug-likeness (QED) is 0.512. The van der Waals surface area contributed by atoms with E-state index in [1.54, 1.807) is 11.6 Å². The lowest BCUT2D eigenvalue weighted by atomic mass is 10.1. The lowest BCUT2D eigenvalue weighted by molar-refractivity contribution is -0.143. The first-order valence-electron chi connectivity index (χ1n) is 8.95. The predicted molar refractivity (Wildman–Crippen MR) is 108 cm³/mol. The van der Waals surface area contributed by atoms with Crippen molar-refractivity contribution in [2.75, 3.05) is 9.62 Å². The molecule has 32 heavy (non-hydrogen) atoms. The summed E-state index contributed by atoms with van der Waals surface area (Å²) in [6, 6.07) is 2.81. The summed E-state index contributed by atoms with van der Waals surface area (Å²) in [4.78, 5) is 12.9. The van der Waals surface area contributed by atoms with Crippen LogP contribution in [0.5, 0.6) is 0 Å². The summed E-state index contributed by atoms with van der Waals surface area (Å²) in [5, 5.41) is 0. The van der Waals surface area contributed by atoms with E-state index < -0.39 is 44.1 Å². The van der Waals surface area contributed by atoms with Gasteiger partial charge in [-0.3, -0.25) is 9.52 Å². The van der Waals surface area contributed by atoms with Gasteiger partial charge in [-0.2, -0.15) is 26.3 Å². The molecule has 1 atom stereocenters. The Morgan fingerprint density at radius 2 is 1.56 bits per heavy atom. The van der Waals surface area contributed by atoms with Crippen LogP contribution in [0, 0.1) is 0 Å². The maximum Gasteiger partial charge on any atom is 0.416 e. The molecule has 0 unspecified atom stereocenters. The van der Waals surface area contributed by atoms with E-state index in [1.165, 1.54) is 17.9 Å². The average Bonchev–Trinajstić information content (AvgIpc) is 2.93. The highest BCUT2D eigenvalue weighted by Gasteiger charge is 2.38. The fourth-order valence-corrected chi connectivity index (χ4v) is 5.68. The van der Waals surface area contributed by atoms with Gasteiger partial charge in [0.05, 0.1) is 16.8 Å². The van der Waals surface area contributed by atoms with Crippen molar-refractivity contribution in [3.8, 4) is 0 Å². The average molecular weight is 545 g/mol. The maximum atomic E-state index is 13.1. The molecule has 1 heterocycles. The summed E-state index contributed by atoms with van der Waals surface area (Å²) in [6.07, 6.45) is -9.81. The molecule has 1 aliphatic heterocycles. The molecule has 2 aromatic rings. The minimum Gasteiger partial charge on any atom is -0.309 e. The summed E-state index contributed by atoms with van der Waals surface area (Å²) in [5.41, 5.74) is -3.26. The lowest BCUT2D eigenvalue weighted by Crippen LogP contribution is -2.33. The third kappa shape index (κ3) is 4.72. The van der Waals surface area contributed by atoms with Gasteiger partial charge in [-0.05, 0) is 65.2 Å². The number of fused-ring (bicyclic) bond motifs is 1. The molecule has 174 valence electrons. The number of halogens is 7. The molecule has 3 rings (SSSR count). The number of alkyl halides is 6. The van der Waals surface area contributed by atoms with Gasteiger partial charge < -0.3 is 4.90 Å². The van der Waals surface area contributed by atoms with Gasteiger partial charge in [-0.25, -0.2) is 8.42 Å². The van der Waals surface area contributed by atoms with Crippen molar-refractivity contribution >= 4 is 43.2 Å². The zero-order valence-electron chi connectivity index (χ0n) is 16.4. The van der Waals surface area contributed by atoms with Crippen LogP contribution in [0.25, 0.3) is 0 Å². The normalized spacial score (nSPS) is 16.8. The Bertz CT molecular complexity index is 1160. The van der Waals surface area contributed by atoms with Gasteiger partial charge in [0.2, 0.25) is 5.91 Å². The number of rotatable bonds is 3. The maximum absolute atomic E-state index is 13.1. The minimum atomic E-state index is -5.13. The van der Waals surface area contributed by atoms with Crippen molar-refractivity contribution in [1.29, 1.82) is 0 Å². The number of sulfonamides is 1. The number of amides is 1. The smallest absolute Gasteiger partial charge is 0.309 e. The van der Waals surface area contributed by atoms with Gasteiger partial charge in [0.25, 0.3) is 10.0 Å². The van der Waals surface area contributed by atoms with Crippen molar-refractivity contribution in [3.63, 3.8) is 0 Å². The van der Waals surface area contributed by atoms with E-state index in [0.29, 0.717) is 17.7 Å². The van der Waals surface area contributed by atoms with Gasteiger partial charge >= 0.3 is 12.4 Å². The SMILES string of the molecule is CC(=O)N1c2cc(S(=O)(=O)Nc3cc(C(F)(F)F)cc(C(F)(F)F)c3)c(Br)cc2C[C@H]1C. The van der Waals surface area contributed by atoms with Crippen LogP contribution >= 0.6 is 15.9 Å². The Morgan fingerprint density at radius 3 is 2.03 bits per heavy atom. The Hall–Kier alpha value is -2.28. The van der Waals surface area contributed by atoms with Crippen LogP contribution in [0.3, 0.4) is 0 Å². The van der Waals surface area contributed by atoms with Crippen molar-refractivity contribution in [1.82, 2.24) is 0 Å². The van der Waals surface area contributed by atoms with E-state index in [4.69, 9.17) is 0 Å². The van der Waals surface area contributed by atoms with Crippen LogP contribution < -0.4 is 9.62 Å². The molecule has 0 saturated carbocycles. The third-order valence-corrected chi connectivity index (χ3v) is 7.16. The van der Waals surface area contributed by atoms with Crippen molar-refractivity contribution < 1.29 is 39.6 Å². The number of carbonyl (C=O) groups excluding carboxylic acids is 1. The summed E-state index contributed by atoms with van der Waals surface area (Å²) in [7, 11) is -4.63. The van der Waals surface area contributed by atoms with E-state index in [9.17, 15) is 39.6 Å². The molecule has 5 nitrogen and oxygen atoms in total. The zero-order chi connectivity index (χ0) is 24.2. The van der Waals surface area contributed by atoms with Crippen LogP contribution in [0.1, 0.15) is 30.5 Å². The standard InChI is InChI=1S/C19H15BrF6N2O3S/c1-9-3-11-4-15(20)17(8-16(11)28(9)10(2)29)32(30,31)27-14-6-12(18(21,22)23)5-13(7-14)19(24,25)26/h4-9,27H,3H2,1-2H3/t9-/m1/s1. The Morgan fingerprint density at radius 1 is 1.03 bits per heavy atom. The third-order valence-electron chi connectivity index (χ3n) is 4.82. The van der Waals surface area contributed by atoms with Crippen LogP contribution in [0.15, 0.2) is 39.7 Å². The van der Waals surface area contributed by atoms with Gasteiger partial charge in [-0.1, -0.05) is 0 Å². The summed E-state index contributed by atoms with van der Waals surface area (Å²) < 4.78 is 106.